The number of allylic oxidation sites excluding steroid dienone is 1. The highest BCUT2D eigenvalue weighted by Crippen LogP contribution is 2.20. The van der Waals surface area contributed by atoms with E-state index < -0.39 is 0 Å². The number of nitrogens with one attached hydrogen (secondary N) is 3. The number of amides is 2. The van der Waals surface area contributed by atoms with Gasteiger partial charge in [0.1, 0.15) is 0 Å². The van der Waals surface area contributed by atoms with Crippen LogP contribution < -0.4 is 16.4 Å². The molecule has 0 bridgehead atoms. The molecule has 0 saturated carbocycles. The monoisotopic (exact) mass is 347 g/mol. The molecule has 0 radical (unpaired) electrons. The normalized spacial score (nSPS) is 13.4. The van der Waals surface area contributed by atoms with Gasteiger partial charge >= 0.3 is 0 Å². The largest absolute Gasteiger partial charge is 0.404 e. The first-order chi connectivity index (χ1) is 12.6. The van der Waals surface area contributed by atoms with Gasteiger partial charge in [0.25, 0.3) is 5.91 Å². The summed E-state index contributed by atoms with van der Waals surface area (Å²) in [7, 11) is 0. The molecule has 5 N–H and O–H groups in total. The first kappa shape index (κ1) is 17.1. The Bertz CT molecular complexity index is 947. The topological polar surface area (TPSA) is 121 Å². The van der Waals surface area contributed by atoms with Crippen LogP contribution in [0.3, 0.4) is 0 Å². The number of carbonyl (C=O) groups excluding carboxylic acids is 2. The van der Waals surface area contributed by atoms with Gasteiger partial charge in [-0.1, -0.05) is 6.07 Å². The number of anilines is 1. The summed E-state index contributed by atoms with van der Waals surface area (Å²) in [6.07, 6.45) is 8.62. The van der Waals surface area contributed by atoms with Crippen molar-refractivity contribution >= 4 is 35.4 Å². The maximum atomic E-state index is 12.2. The van der Waals surface area contributed by atoms with Crippen LogP contribution in [0.25, 0.3) is 11.6 Å². The van der Waals surface area contributed by atoms with Crippen LogP contribution in [0.15, 0.2) is 48.9 Å². The van der Waals surface area contributed by atoms with E-state index in [0.717, 1.165) is 11.8 Å². The highest BCUT2D eigenvalue weighted by molar-refractivity contribution is 6.10. The number of nitrogens with two attached hydrogens (primary N) is 1. The van der Waals surface area contributed by atoms with E-state index in [1.807, 2.05) is 6.07 Å². The molecule has 7 nitrogen and oxygen atoms in total. The molecule has 2 amide bonds. The number of rotatable bonds is 5. The minimum Gasteiger partial charge on any atom is -0.404 e. The van der Waals surface area contributed by atoms with Gasteiger partial charge in [0.2, 0.25) is 5.91 Å². The maximum Gasteiger partial charge on any atom is 0.251 e. The van der Waals surface area contributed by atoms with Gasteiger partial charge in [-0.3, -0.25) is 14.6 Å². The maximum absolute atomic E-state index is 12.2. The van der Waals surface area contributed by atoms with Crippen LogP contribution in [-0.2, 0) is 11.3 Å². The van der Waals surface area contributed by atoms with Gasteiger partial charge in [-0.2, -0.15) is 0 Å². The second-order valence-corrected chi connectivity index (χ2v) is 5.61. The molecule has 0 fully saturated rings. The average molecular weight is 347 g/mol. The minimum absolute atomic E-state index is 0.139. The number of hydrogen-bond donors (Lipinski definition) is 4. The summed E-state index contributed by atoms with van der Waals surface area (Å²) in [5.41, 5.74) is 9.45. The predicted octanol–water partition coefficient (Wildman–Crippen LogP) is 1.93. The van der Waals surface area contributed by atoms with Crippen molar-refractivity contribution in [1.29, 1.82) is 5.41 Å². The van der Waals surface area contributed by atoms with Crippen LogP contribution in [0.4, 0.5) is 5.69 Å². The van der Waals surface area contributed by atoms with E-state index in [1.165, 1.54) is 12.3 Å². The number of nitrogens with zero attached hydrogens (tertiary/aromatic N) is 1. The van der Waals surface area contributed by atoms with Crippen molar-refractivity contribution in [1.82, 2.24) is 10.3 Å². The number of benzene rings is 1. The molecule has 1 aromatic heterocycles. The second kappa shape index (κ2) is 7.43. The first-order valence-corrected chi connectivity index (χ1v) is 7.89. The van der Waals surface area contributed by atoms with Crippen LogP contribution in [0.1, 0.15) is 27.0 Å². The zero-order valence-electron chi connectivity index (χ0n) is 13.8. The van der Waals surface area contributed by atoms with Crippen molar-refractivity contribution < 1.29 is 9.59 Å². The van der Waals surface area contributed by atoms with E-state index in [1.54, 1.807) is 36.7 Å². The van der Waals surface area contributed by atoms with Crippen molar-refractivity contribution in [3.8, 4) is 0 Å². The Balaban J connectivity index is 1.76. The molecule has 2 aromatic rings. The molecular weight excluding hydrogens is 330 g/mol. The standard InChI is InChI=1S/C19H17N5O2/c20-8-14(9-21)16-5-6-22-10-12(16)2-4-18(25)24-15-3-1-13-11-23-19(26)17(13)7-15/h1-10,20H,11,21H2,(H,23,26)(H,24,25)/b4-2+,14-9?,20-8?. The summed E-state index contributed by atoms with van der Waals surface area (Å²) in [4.78, 5) is 27.9. The van der Waals surface area contributed by atoms with E-state index in [9.17, 15) is 9.59 Å². The number of carbonyl (C=O) groups is 2. The SMILES string of the molecule is N=CC(=CN)c1ccncc1/C=C/C(=O)Nc1ccc2c(c1)C(=O)NC2. The summed E-state index contributed by atoms with van der Waals surface area (Å²) in [6, 6.07) is 6.95. The van der Waals surface area contributed by atoms with Crippen molar-refractivity contribution in [3.63, 3.8) is 0 Å². The van der Waals surface area contributed by atoms with Gasteiger partial charge in [0.15, 0.2) is 0 Å². The Hall–Kier alpha value is -3.74. The fourth-order valence-electron chi connectivity index (χ4n) is 2.66. The minimum atomic E-state index is -0.341. The molecule has 3 rings (SSSR count). The van der Waals surface area contributed by atoms with Gasteiger partial charge in [-0.15, -0.1) is 0 Å². The Kier molecular flexibility index (Phi) is 4.89. The van der Waals surface area contributed by atoms with E-state index in [-0.39, 0.29) is 11.8 Å². The summed E-state index contributed by atoms with van der Waals surface area (Å²) in [6.45, 7) is 0.510. The Morgan fingerprint density at radius 1 is 1.35 bits per heavy atom. The van der Waals surface area contributed by atoms with Gasteiger partial charge < -0.3 is 21.8 Å². The zero-order chi connectivity index (χ0) is 18.5. The molecule has 0 aliphatic carbocycles. The molecule has 130 valence electrons. The van der Waals surface area contributed by atoms with Crippen molar-refractivity contribution in [2.45, 2.75) is 6.54 Å². The fourth-order valence-corrected chi connectivity index (χ4v) is 2.66. The number of hydrogen-bond acceptors (Lipinski definition) is 5. The van der Waals surface area contributed by atoms with E-state index in [0.29, 0.717) is 34.5 Å². The third kappa shape index (κ3) is 3.51. The Morgan fingerprint density at radius 2 is 2.19 bits per heavy atom. The fraction of sp³-hybridized carbons (Fsp3) is 0.0526. The highest BCUT2D eigenvalue weighted by atomic mass is 16.2. The second-order valence-electron chi connectivity index (χ2n) is 5.61. The van der Waals surface area contributed by atoms with Crippen LogP contribution >= 0.6 is 0 Å². The molecule has 1 aliphatic rings. The highest BCUT2D eigenvalue weighted by Gasteiger charge is 2.18. The van der Waals surface area contributed by atoms with Gasteiger partial charge in [0, 0.05) is 59.8 Å². The van der Waals surface area contributed by atoms with Crippen LogP contribution in [-0.4, -0.2) is 23.0 Å². The van der Waals surface area contributed by atoms with E-state index in [2.05, 4.69) is 15.6 Å². The molecule has 7 heteroatoms. The quantitative estimate of drug-likeness (QED) is 0.488. The summed E-state index contributed by atoms with van der Waals surface area (Å²) in [5.74, 6) is -0.481. The van der Waals surface area contributed by atoms with Crippen molar-refractivity contribution in [3.05, 3.63) is 71.2 Å². The lowest BCUT2D eigenvalue weighted by Gasteiger charge is -2.06. The van der Waals surface area contributed by atoms with Crippen LogP contribution in [0.2, 0.25) is 0 Å². The van der Waals surface area contributed by atoms with E-state index >= 15 is 0 Å². The number of pyridine rings is 1. The smallest absolute Gasteiger partial charge is 0.251 e. The predicted molar refractivity (Wildman–Crippen MR) is 100 cm³/mol. The van der Waals surface area contributed by atoms with Crippen LogP contribution in [0, 0.1) is 5.41 Å². The molecule has 0 saturated heterocycles. The summed E-state index contributed by atoms with van der Waals surface area (Å²) < 4.78 is 0. The Morgan fingerprint density at radius 3 is 2.96 bits per heavy atom. The molecule has 2 heterocycles. The lowest BCUT2D eigenvalue weighted by molar-refractivity contribution is -0.111. The third-order valence-corrected chi connectivity index (χ3v) is 3.97. The van der Waals surface area contributed by atoms with Gasteiger partial charge in [0.05, 0.1) is 0 Å². The number of aromatic nitrogens is 1. The molecule has 1 aromatic carbocycles. The zero-order valence-corrected chi connectivity index (χ0v) is 13.8. The van der Waals surface area contributed by atoms with Gasteiger partial charge in [-0.05, 0) is 35.4 Å². The molecule has 26 heavy (non-hydrogen) atoms. The van der Waals surface area contributed by atoms with Gasteiger partial charge in [-0.25, -0.2) is 0 Å². The molecule has 0 atom stereocenters. The van der Waals surface area contributed by atoms with Crippen molar-refractivity contribution in [2.24, 2.45) is 5.73 Å². The molecule has 0 spiro atoms. The lowest BCUT2D eigenvalue weighted by atomic mass is 10.0. The Labute approximate surface area is 150 Å². The summed E-state index contributed by atoms with van der Waals surface area (Å²) >= 11 is 0. The molecular formula is C19H17N5O2. The van der Waals surface area contributed by atoms with Crippen molar-refractivity contribution in [2.75, 3.05) is 5.32 Å². The third-order valence-electron chi connectivity index (χ3n) is 3.97. The molecule has 1 aliphatic heterocycles. The molecule has 0 unspecified atom stereocenters. The summed E-state index contributed by atoms with van der Waals surface area (Å²) in [5, 5.41) is 12.9. The lowest BCUT2D eigenvalue weighted by Crippen LogP contribution is -2.13. The van der Waals surface area contributed by atoms with Crippen LogP contribution in [0.5, 0.6) is 0 Å². The number of fused-ring (bicyclic) bond motifs is 1. The van der Waals surface area contributed by atoms with E-state index in [4.69, 9.17) is 11.1 Å². The average Bonchev–Trinajstić information content (AvgIpc) is 3.02. The first-order valence-electron chi connectivity index (χ1n) is 7.89.